The summed E-state index contributed by atoms with van der Waals surface area (Å²) in [6, 6.07) is 5.37. The molecule has 1 fully saturated rings. The monoisotopic (exact) mass is 454 g/mol. The first-order valence-electron chi connectivity index (χ1n) is 9.05. The van der Waals surface area contributed by atoms with E-state index in [-0.39, 0.29) is 35.6 Å². The van der Waals surface area contributed by atoms with E-state index >= 15 is 0 Å². The topological polar surface area (TPSA) is 105 Å². The molecule has 1 saturated heterocycles. The average Bonchev–Trinajstić information content (AvgIpc) is 3.23. The summed E-state index contributed by atoms with van der Waals surface area (Å²) in [5.41, 5.74) is 1.12. The van der Waals surface area contributed by atoms with E-state index in [1.54, 1.807) is 19.9 Å². The highest BCUT2D eigenvalue weighted by Crippen LogP contribution is 2.31. The van der Waals surface area contributed by atoms with Crippen LogP contribution in [0.25, 0.3) is 10.2 Å². The smallest absolute Gasteiger partial charge is 0.248 e. The molecule has 1 amide bonds. The maximum Gasteiger partial charge on any atom is 0.248 e. The number of rotatable bonds is 4. The number of hydrogen-bond acceptors (Lipinski definition) is 7. The number of carbonyl (C=O) groups is 1. The molecule has 0 saturated carbocycles. The van der Waals surface area contributed by atoms with Crippen LogP contribution >= 0.6 is 22.9 Å². The molecule has 1 aromatic carbocycles. The predicted octanol–water partition coefficient (Wildman–Crippen LogP) is 3.59. The van der Waals surface area contributed by atoms with Crippen molar-refractivity contribution >= 4 is 54.2 Å². The Morgan fingerprint density at radius 3 is 2.69 bits per heavy atom. The molecule has 0 atom stereocenters. The molecule has 29 heavy (non-hydrogen) atoms. The van der Waals surface area contributed by atoms with Gasteiger partial charge in [-0.25, -0.2) is 13.4 Å². The van der Waals surface area contributed by atoms with Crippen LogP contribution in [0.15, 0.2) is 27.6 Å². The second-order valence-electron chi connectivity index (χ2n) is 6.95. The Morgan fingerprint density at radius 1 is 1.31 bits per heavy atom. The molecule has 0 unspecified atom stereocenters. The fourth-order valence-corrected chi connectivity index (χ4v) is 6.40. The number of nitrogens with zero attached hydrogens (tertiary/aromatic N) is 3. The number of amides is 1. The third-order valence-corrected chi connectivity index (χ3v) is 8.28. The number of aromatic nitrogens is 2. The van der Waals surface area contributed by atoms with Crippen molar-refractivity contribution in [2.75, 3.05) is 18.4 Å². The summed E-state index contributed by atoms with van der Waals surface area (Å²) in [7, 11) is -3.69. The van der Waals surface area contributed by atoms with E-state index in [1.807, 2.05) is 12.1 Å². The Bertz CT molecular complexity index is 1160. The van der Waals surface area contributed by atoms with Crippen molar-refractivity contribution < 1.29 is 17.7 Å². The van der Waals surface area contributed by atoms with Crippen molar-refractivity contribution in [3.63, 3.8) is 0 Å². The lowest BCUT2D eigenvalue weighted by Gasteiger charge is -2.30. The Hall–Kier alpha value is -2.01. The van der Waals surface area contributed by atoms with Crippen LogP contribution in [0.1, 0.15) is 24.3 Å². The molecule has 0 radical (unpaired) electrons. The SMILES string of the molecule is Cc1noc(C)c1S(=O)(=O)N1CCC(C(=O)Nc2nc3ccc(Cl)cc3s2)CC1. The van der Waals surface area contributed by atoms with Gasteiger partial charge in [-0.1, -0.05) is 28.1 Å². The van der Waals surface area contributed by atoms with Crippen molar-refractivity contribution in [3.05, 3.63) is 34.7 Å². The van der Waals surface area contributed by atoms with E-state index in [0.717, 1.165) is 10.2 Å². The summed E-state index contributed by atoms with van der Waals surface area (Å²) in [6.07, 6.45) is 0.871. The predicted molar refractivity (Wildman–Crippen MR) is 111 cm³/mol. The van der Waals surface area contributed by atoms with Crippen molar-refractivity contribution in [1.82, 2.24) is 14.4 Å². The maximum atomic E-state index is 12.9. The number of aryl methyl sites for hydroxylation is 2. The normalized spacial score (nSPS) is 16.4. The number of piperidine rings is 1. The van der Waals surface area contributed by atoms with Gasteiger partial charge < -0.3 is 9.84 Å². The van der Waals surface area contributed by atoms with Crippen LogP contribution in [-0.4, -0.2) is 41.9 Å². The molecule has 4 rings (SSSR count). The van der Waals surface area contributed by atoms with Gasteiger partial charge in [-0.05, 0) is 44.9 Å². The molecule has 11 heteroatoms. The molecule has 0 spiro atoms. The van der Waals surface area contributed by atoms with Crippen LogP contribution in [0.2, 0.25) is 5.02 Å². The lowest BCUT2D eigenvalue weighted by atomic mass is 9.97. The second-order valence-corrected chi connectivity index (χ2v) is 10.3. The summed E-state index contributed by atoms with van der Waals surface area (Å²) >= 11 is 7.35. The fourth-order valence-electron chi connectivity index (χ4n) is 3.49. The van der Waals surface area contributed by atoms with Gasteiger partial charge in [0, 0.05) is 24.0 Å². The summed E-state index contributed by atoms with van der Waals surface area (Å²) in [6.45, 7) is 3.72. The minimum atomic E-state index is -3.69. The summed E-state index contributed by atoms with van der Waals surface area (Å²) in [5, 5.41) is 7.71. The summed E-state index contributed by atoms with van der Waals surface area (Å²) in [4.78, 5) is 17.2. The molecule has 0 bridgehead atoms. The molecule has 1 aliphatic rings. The third-order valence-electron chi connectivity index (χ3n) is 4.97. The highest BCUT2D eigenvalue weighted by atomic mass is 35.5. The summed E-state index contributed by atoms with van der Waals surface area (Å²) < 4.78 is 33.1. The molecular formula is C18H19ClN4O4S2. The number of anilines is 1. The van der Waals surface area contributed by atoms with Crippen molar-refractivity contribution in [2.45, 2.75) is 31.6 Å². The second kappa shape index (κ2) is 7.67. The molecule has 1 N–H and O–H groups in total. The first kappa shape index (κ1) is 20.3. The number of carbonyl (C=O) groups excluding carboxylic acids is 1. The number of fused-ring (bicyclic) bond motifs is 1. The number of thiazole rings is 1. The number of sulfonamides is 1. The Kier molecular flexibility index (Phi) is 5.36. The quantitative estimate of drug-likeness (QED) is 0.645. The zero-order valence-electron chi connectivity index (χ0n) is 15.8. The molecule has 1 aliphatic heterocycles. The maximum absolute atomic E-state index is 12.9. The lowest BCUT2D eigenvalue weighted by molar-refractivity contribution is -0.120. The molecule has 0 aliphatic carbocycles. The van der Waals surface area contributed by atoms with E-state index in [0.29, 0.717) is 28.7 Å². The minimum absolute atomic E-state index is 0.119. The van der Waals surface area contributed by atoms with Gasteiger partial charge in [-0.15, -0.1) is 0 Å². The number of nitrogens with one attached hydrogen (secondary N) is 1. The van der Waals surface area contributed by atoms with E-state index < -0.39 is 10.0 Å². The van der Waals surface area contributed by atoms with Gasteiger partial charge in [0.05, 0.1) is 10.2 Å². The highest BCUT2D eigenvalue weighted by Gasteiger charge is 2.35. The van der Waals surface area contributed by atoms with Crippen LogP contribution in [0.3, 0.4) is 0 Å². The molecule has 2 aromatic heterocycles. The first-order chi connectivity index (χ1) is 13.8. The zero-order chi connectivity index (χ0) is 20.8. The molecular weight excluding hydrogens is 436 g/mol. The average molecular weight is 455 g/mol. The van der Waals surface area contributed by atoms with E-state index in [1.165, 1.54) is 15.6 Å². The zero-order valence-corrected chi connectivity index (χ0v) is 18.2. The van der Waals surface area contributed by atoms with E-state index in [4.69, 9.17) is 16.1 Å². The van der Waals surface area contributed by atoms with Crippen LogP contribution in [0.5, 0.6) is 0 Å². The Labute approximate surface area is 176 Å². The molecule has 154 valence electrons. The Morgan fingerprint density at radius 2 is 2.03 bits per heavy atom. The third kappa shape index (κ3) is 3.89. The molecule has 8 nitrogen and oxygen atoms in total. The van der Waals surface area contributed by atoms with Gasteiger partial charge in [0.2, 0.25) is 15.9 Å². The van der Waals surface area contributed by atoms with Gasteiger partial charge in [0.15, 0.2) is 10.9 Å². The standard InChI is InChI=1S/C18H19ClN4O4S2/c1-10-16(11(2)27-22-10)29(25,26)23-7-5-12(6-8-23)17(24)21-18-20-14-4-3-13(19)9-15(14)28-18/h3-4,9,12H,5-8H2,1-2H3,(H,20,21,24). The highest BCUT2D eigenvalue weighted by molar-refractivity contribution is 7.89. The van der Waals surface area contributed by atoms with Crippen molar-refractivity contribution in [3.8, 4) is 0 Å². The van der Waals surface area contributed by atoms with Gasteiger partial charge in [-0.3, -0.25) is 4.79 Å². The van der Waals surface area contributed by atoms with Crippen LogP contribution in [0.4, 0.5) is 5.13 Å². The fraction of sp³-hybridized carbons (Fsp3) is 0.389. The van der Waals surface area contributed by atoms with Gasteiger partial charge >= 0.3 is 0 Å². The number of halogens is 1. The van der Waals surface area contributed by atoms with Crippen molar-refractivity contribution in [1.29, 1.82) is 0 Å². The summed E-state index contributed by atoms with van der Waals surface area (Å²) in [5.74, 6) is -0.149. The first-order valence-corrected chi connectivity index (χ1v) is 11.7. The largest absolute Gasteiger partial charge is 0.360 e. The lowest BCUT2D eigenvalue weighted by Crippen LogP contribution is -2.41. The van der Waals surface area contributed by atoms with Gasteiger partial charge in [0.1, 0.15) is 10.6 Å². The molecule has 3 aromatic rings. The van der Waals surface area contributed by atoms with Crippen molar-refractivity contribution in [2.24, 2.45) is 5.92 Å². The molecule has 3 heterocycles. The van der Waals surface area contributed by atoms with Crippen LogP contribution in [0, 0.1) is 19.8 Å². The van der Waals surface area contributed by atoms with E-state index in [2.05, 4.69) is 15.5 Å². The van der Waals surface area contributed by atoms with Crippen LogP contribution < -0.4 is 5.32 Å². The van der Waals surface area contributed by atoms with Gasteiger partial charge in [-0.2, -0.15) is 4.31 Å². The van der Waals surface area contributed by atoms with Gasteiger partial charge in [0.25, 0.3) is 0 Å². The van der Waals surface area contributed by atoms with Crippen LogP contribution in [-0.2, 0) is 14.8 Å². The Balaban J connectivity index is 1.41. The van der Waals surface area contributed by atoms with E-state index in [9.17, 15) is 13.2 Å². The minimum Gasteiger partial charge on any atom is -0.360 e. The number of hydrogen-bond donors (Lipinski definition) is 1. The number of benzene rings is 1.